The summed E-state index contributed by atoms with van der Waals surface area (Å²) in [5.74, 6) is -0.433. The second kappa shape index (κ2) is 5.61. The fourth-order valence-corrected chi connectivity index (χ4v) is 1.89. The van der Waals surface area contributed by atoms with Gasteiger partial charge in [-0.15, -0.1) is 4.28 Å². The minimum absolute atomic E-state index is 0.0826. The Morgan fingerprint density at radius 2 is 1.88 bits per heavy atom. The first-order chi connectivity index (χ1) is 7.78. The fraction of sp³-hybridized carbons (Fsp3) is 0.300. The van der Waals surface area contributed by atoms with E-state index in [0.717, 1.165) is 21.4 Å². The molecule has 0 aliphatic heterocycles. The van der Waals surface area contributed by atoms with Crippen LogP contribution in [0.1, 0.15) is 5.56 Å². The monoisotopic (exact) mass is 321 g/mol. The van der Waals surface area contributed by atoms with Crippen molar-refractivity contribution in [2.24, 2.45) is 0 Å². The van der Waals surface area contributed by atoms with Crippen molar-refractivity contribution in [2.45, 2.75) is 6.42 Å². The van der Waals surface area contributed by atoms with E-state index in [9.17, 15) is 13.2 Å². The molecule has 0 saturated heterocycles. The molecule has 0 N–H and O–H groups in total. The summed E-state index contributed by atoms with van der Waals surface area (Å²) in [7, 11) is -2.40. The summed E-state index contributed by atoms with van der Waals surface area (Å²) in [5.41, 5.74) is 0.780. The van der Waals surface area contributed by atoms with Crippen LogP contribution in [0.15, 0.2) is 28.7 Å². The van der Waals surface area contributed by atoms with Gasteiger partial charge in [0.25, 0.3) is 16.0 Å². The zero-order valence-corrected chi connectivity index (χ0v) is 11.8. The highest BCUT2D eigenvalue weighted by molar-refractivity contribution is 9.10. The number of carbonyl (C=O) groups excluding carboxylic acids is 1. The Labute approximate surface area is 109 Å². The third-order valence-electron chi connectivity index (χ3n) is 1.87. The average molecular weight is 322 g/mol. The van der Waals surface area contributed by atoms with Crippen molar-refractivity contribution in [1.29, 1.82) is 0 Å². The Balaban J connectivity index is 2.63. The van der Waals surface area contributed by atoms with Gasteiger partial charge in [-0.1, -0.05) is 28.1 Å². The predicted molar refractivity (Wildman–Crippen MR) is 66.5 cm³/mol. The lowest BCUT2D eigenvalue weighted by Crippen LogP contribution is -2.30. The van der Waals surface area contributed by atoms with Gasteiger partial charge in [-0.25, -0.2) is 5.06 Å². The third kappa shape index (κ3) is 5.29. The molecule has 1 rings (SSSR count). The second-order valence-corrected chi connectivity index (χ2v) is 5.95. The number of hydrogen-bond donors (Lipinski definition) is 0. The molecule has 1 amide bonds. The summed E-state index contributed by atoms with van der Waals surface area (Å²) < 4.78 is 27.0. The van der Waals surface area contributed by atoms with Crippen LogP contribution in [0.4, 0.5) is 0 Å². The lowest BCUT2D eigenvalue weighted by Gasteiger charge is -2.14. The number of hydrogen-bond acceptors (Lipinski definition) is 4. The van der Waals surface area contributed by atoms with Gasteiger partial charge in [-0.2, -0.15) is 8.42 Å². The van der Waals surface area contributed by atoms with Crippen molar-refractivity contribution in [1.82, 2.24) is 5.06 Å². The summed E-state index contributed by atoms with van der Waals surface area (Å²) in [6.45, 7) is 0. The molecule has 0 aliphatic rings. The highest BCUT2D eigenvalue weighted by atomic mass is 79.9. The number of carbonyl (C=O) groups is 1. The first-order valence-corrected chi connectivity index (χ1v) is 7.29. The van der Waals surface area contributed by atoms with Gasteiger partial charge in [0.05, 0.1) is 12.7 Å². The number of likely N-dealkylation sites (N-methyl/N-ethyl adjacent to an activating group) is 1. The zero-order valence-electron chi connectivity index (χ0n) is 9.38. The van der Waals surface area contributed by atoms with Crippen LogP contribution >= 0.6 is 15.9 Å². The zero-order chi connectivity index (χ0) is 13.1. The first kappa shape index (κ1) is 14.1. The minimum Gasteiger partial charge on any atom is -0.272 e. The summed E-state index contributed by atoms with van der Waals surface area (Å²) >= 11 is 3.28. The van der Waals surface area contributed by atoms with Gasteiger partial charge < -0.3 is 0 Å². The van der Waals surface area contributed by atoms with Gasteiger partial charge in [0.15, 0.2) is 0 Å². The number of amides is 1. The van der Waals surface area contributed by atoms with Crippen molar-refractivity contribution < 1.29 is 17.5 Å². The molecule has 0 bridgehead atoms. The molecule has 94 valence electrons. The number of halogens is 1. The quantitative estimate of drug-likeness (QED) is 0.785. The highest BCUT2D eigenvalue weighted by Gasteiger charge is 2.15. The molecule has 0 aliphatic carbocycles. The van der Waals surface area contributed by atoms with E-state index < -0.39 is 16.0 Å². The molecule has 17 heavy (non-hydrogen) atoms. The fourth-order valence-electron chi connectivity index (χ4n) is 1.13. The topological polar surface area (TPSA) is 63.7 Å². The van der Waals surface area contributed by atoms with Gasteiger partial charge in [-0.3, -0.25) is 4.79 Å². The van der Waals surface area contributed by atoms with Crippen LogP contribution in [0, 0.1) is 0 Å². The molecule has 0 aromatic heterocycles. The molecular weight excluding hydrogens is 310 g/mol. The van der Waals surface area contributed by atoms with Crippen molar-refractivity contribution >= 4 is 32.0 Å². The molecular formula is C10H12BrNO4S. The molecule has 0 atom stereocenters. The van der Waals surface area contributed by atoms with E-state index in [4.69, 9.17) is 0 Å². The molecule has 5 nitrogen and oxygen atoms in total. The normalized spacial score (nSPS) is 11.2. The molecule has 0 fully saturated rings. The summed E-state index contributed by atoms with van der Waals surface area (Å²) in [6.07, 6.45) is 0.968. The van der Waals surface area contributed by atoms with E-state index in [1.807, 2.05) is 0 Å². The van der Waals surface area contributed by atoms with Crippen LogP contribution in [0.2, 0.25) is 0 Å². The SMILES string of the molecule is CN(OS(C)(=O)=O)C(=O)Cc1ccc(Br)cc1. The summed E-state index contributed by atoms with van der Waals surface area (Å²) in [6, 6.07) is 7.16. The van der Waals surface area contributed by atoms with E-state index in [2.05, 4.69) is 20.2 Å². The van der Waals surface area contributed by atoms with E-state index >= 15 is 0 Å². The van der Waals surface area contributed by atoms with Crippen LogP contribution < -0.4 is 0 Å². The second-order valence-electron chi connectivity index (χ2n) is 3.47. The molecule has 0 spiro atoms. The van der Waals surface area contributed by atoms with Gasteiger partial charge in [0, 0.05) is 11.5 Å². The number of nitrogens with zero attached hydrogens (tertiary/aromatic N) is 1. The van der Waals surface area contributed by atoms with Gasteiger partial charge in [0.2, 0.25) is 0 Å². The van der Waals surface area contributed by atoms with Crippen molar-refractivity contribution in [3.63, 3.8) is 0 Å². The number of benzene rings is 1. The van der Waals surface area contributed by atoms with E-state index in [-0.39, 0.29) is 6.42 Å². The Hall–Kier alpha value is -0.920. The Bertz CT molecular complexity index is 498. The van der Waals surface area contributed by atoms with E-state index in [1.165, 1.54) is 7.05 Å². The van der Waals surface area contributed by atoms with Gasteiger partial charge >= 0.3 is 0 Å². The lowest BCUT2D eigenvalue weighted by atomic mass is 10.1. The van der Waals surface area contributed by atoms with Crippen LogP contribution in [0.3, 0.4) is 0 Å². The number of rotatable bonds is 4. The molecule has 0 saturated carbocycles. The van der Waals surface area contributed by atoms with Crippen molar-refractivity contribution in [2.75, 3.05) is 13.3 Å². The van der Waals surface area contributed by atoms with Crippen LogP contribution in [0.5, 0.6) is 0 Å². The lowest BCUT2D eigenvalue weighted by molar-refractivity contribution is -0.150. The summed E-state index contributed by atoms with van der Waals surface area (Å²) in [4.78, 5) is 11.6. The third-order valence-corrected chi connectivity index (χ3v) is 2.89. The van der Waals surface area contributed by atoms with E-state index in [1.54, 1.807) is 24.3 Å². The average Bonchev–Trinajstić information content (AvgIpc) is 2.19. The van der Waals surface area contributed by atoms with Crippen molar-refractivity contribution in [3.8, 4) is 0 Å². The van der Waals surface area contributed by atoms with Crippen molar-refractivity contribution in [3.05, 3.63) is 34.3 Å². The molecule has 1 aromatic rings. The standard InChI is InChI=1S/C10H12BrNO4S/c1-12(16-17(2,14)15)10(13)7-8-3-5-9(11)6-4-8/h3-6H,7H2,1-2H3. The Kier molecular flexibility index (Phi) is 4.67. The summed E-state index contributed by atoms with van der Waals surface area (Å²) in [5, 5.41) is 0.720. The smallest absolute Gasteiger partial charge is 0.272 e. The molecule has 0 radical (unpaired) electrons. The van der Waals surface area contributed by atoms with Gasteiger partial charge in [0.1, 0.15) is 0 Å². The largest absolute Gasteiger partial charge is 0.285 e. The first-order valence-electron chi connectivity index (χ1n) is 4.68. The Morgan fingerprint density at radius 3 is 2.35 bits per heavy atom. The Morgan fingerprint density at radius 1 is 1.35 bits per heavy atom. The predicted octanol–water partition coefficient (Wildman–Crippen LogP) is 1.34. The van der Waals surface area contributed by atoms with Crippen LogP contribution in [0.25, 0.3) is 0 Å². The maximum Gasteiger partial charge on any atom is 0.285 e. The van der Waals surface area contributed by atoms with Gasteiger partial charge in [-0.05, 0) is 17.7 Å². The molecule has 0 unspecified atom stereocenters. The molecule has 1 aromatic carbocycles. The highest BCUT2D eigenvalue weighted by Crippen LogP contribution is 2.11. The van der Waals surface area contributed by atoms with E-state index in [0.29, 0.717) is 0 Å². The molecule has 7 heteroatoms. The van der Waals surface area contributed by atoms with Crippen LogP contribution in [-0.4, -0.2) is 32.7 Å². The van der Waals surface area contributed by atoms with Crippen LogP contribution in [-0.2, 0) is 25.6 Å². The number of hydroxylamine groups is 2. The molecule has 0 heterocycles. The minimum atomic E-state index is -3.67. The maximum absolute atomic E-state index is 11.6. The maximum atomic E-state index is 11.6.